The van der Waals surface area contributed by atoms with Crippen LogP contribution in [-0.4, -0.2) is 34.8 Å². The van der Waals surface area contributed by atoms with Gasteiger partial charge in [-0.15, -0.1) is 0 Å². The number of hydrogen-bond acceptors (Lipinski definition) is 3. The summed E-state index contributed by atoms with van der Waals surface area (Å²) in [5.74, 6) is -1.16. The van der Waals surface area contributed by atoms with E-state index in [2.05, 4.69) is 10.3 Å². The average molecular weight is 341 g/mol. The van der Waals surface area contributed by atoms with Crippen LogP contribution in [0.15, 0.2) is 42.6 Å². The van der Waals surface area contributed by atoms with Crippen molar-refractivity contribution in [3.63, 3.8) is 0 Å². The highest BCUT2D eigenvalue weighted by atomic mass is 19.1. The van der Waals surface area contributed by atoms with Gasteiger partial charge in [-0.3, -0.25) is 14.6 Å². The number of nitrogens with one attached hydrogen (secondary N) is 1. The Bertz CT molecular complexity index is 771. The zero-order valence-corrected chi connectivity index (χ0v) is 13.9. The maximum absolute atomic E-state index is 13.7. The van der Waals surface area contributed by atoms with Crippen LogP contribution in [0.4, 0.5) is 10.1 Å². The Labute approximate surface area is 145 Å². The first-order valence-electron chi connectivity index (χ1n) is 8.46. The summed E-state index contributed by atoms with van der Waals surface area (Å²) in [6.07, 6.45) is 5.70. The van der Waals surface area contributed by atoms with Gasteiger partial charge in [-0.2, -0.15) is 0 Å². The molecule has 1 aromatic carbocycles. The topological polar surface area (TPSA) is 62.3 Å². The highest BCUT2D eigenvalue weighted by Gasteiger charge is 2.19. The number of aromatic nitrogens is 1. The molecule has 0 radical (unpaired) electrons. The number of rotatable bonds is 3. The number of halogens is 1. The van der Waals surface area contributed by atoms with Crippen LogP contribution in [0.5, 0.6) is 0 Å². The molecule has 0 atom stereocenters. The van der Waals surface area contributed by atoms with Crippen molar-refractivity contribution < 1.29 is 14.0 Å². The summed E-state index contributed by atoms with van der Waals surface area (Å²) in [5.41, 5.74) is 0.595. The molecule has 6 heteroatoms. The van der Waals surface area contributed by atoms with E-state index in [1.54, 1.807) is 18.2 Å². The SMILES string of the molecule is O=C(Nc1ccccc1F)c1cc(C(=O)N2CCCCCC2)ccn1. The number of carbonyl (C=O) groups is 2. The molecule has 0 bridgehead atoms. The lowest BCUT2D eigenvalue weighted by molar-refractivity contribution is 0.0761. The summed E-state index contributed by atoms with van der Waals surface area (Å²) >= 11 is 0. The van der Waals surface area contributed by atoms with Crippen molar-refractivity contribution in [2.75, 3.05) is 18.4 Å². The number of benzene rings is 1. The van der Waals surface area contributed by atoms with E-state index in [0.29, 0.717) is 5.56 Å². The van der Waals surface area contributed by atoms with Crippen molar-refractivity contribution in [3.05, 3.63) is 59.7 Å². The van der Waals surface area contributed by atoms with Crippen LogP contribution in [0.2, 0.25) is 0 Å². The van der Waals surface area contributed by atoms with E-state index in [0.717, 1.165) is 38.8 Å². The number of carbonyl (C=O) groups excluding carboxylic acids is 2. The molecule has 0 spiro atoms. The zero-order chi connectivity index (χ0) is 17.6. The molecule has 0 aliphatic carbocycles. The van der Waals surface area contributed by atoms with Gasteiger partial charge in [0, 0.05) is 24.8 Å². The van der Waals surface area contributed by atoms with Crippen LogP contribution in [0, 0.1) is 5.82 Å². The molecule has 1 aromatic heterocycles. The number of amides is 2. The van der Waals surface area contributed by atoms with Gasteiger partial charge in [0.2, 0.25) is 0 Å². The number of pyridine rings is 1. The van der Waals surface area contributed by atoms with Crippen molar-refractivity contribution in [2.45, 2.75) is 25.7 Å². The fourth-order valence-electron chi connectivity index (χ4n) is 2.89. The van der Waals surface area contributed by atoms with Crippen molar-refractivity contribution >= 4 is 17.5 Å². The lowest BCUT2D eigenvalue weighted by Crippen LogP contribution is -2.32. The van der Waals surface area contributed by atoms with Gasteiger partial charge in [0.15, 0.2) is 0 Å². The minimum absolute atomic E-state index is 0.0820. The van der Waals surface area contributed by atoms with E-state index in [-0.39, 0.29) is 17.3 Å². The van der Waals surface area contributed by atoms with Crippen molar-refractivity contribution in [2.24, 2.45) is 0 Å². The van der Waals surface area contributed by atoms with Crippen molar-refractivity contribution in [3.8, 4) is 0 Å². The van der Waals surface area contributed by atoms with E-state index >= 15 is 0 Å². The number of nitrogens with zero attached hydrogens (tertiary/aromatic N) is 2. The Morgan fingerprint density at radius 3 is 2.48 bits per heavy atom. The smallest absolute Gasteiger partial charge is 0.274 e. The van der Waals surface area contributed by atoms with E-state index in [9.17, 15) is 14.0 Å². The molecule has 5 nitrogen and oxygen atoms in total. The molecule has 2 aromatic rings. The fraction of sp³-hybridized carbons (Fsp3) is 0.316. The molecule has 3 rings (SSSR count). The molecule has 2 amide bonds. The van der Waals surface area contributed by atoms with Gasteiger partial charge in [-0.05, 0) is 37.1 Å². The highest BCUT2D eigenvalue weighted by molar-refractivity contribution is 6.04. The zero-order valence-electron chi connectivity index (χ0n) is 13.9. The lowest BCUT2D eigenvalue weighted by Gasteiger charge is -2.20. The summed E-state index contributed by atoms with van der Waals surface area (Å²) in [4.78, 5) is 30.8. The van der Waals surface area contributed by atoms with Gasteiger partial charge in [0.1, 0.15) is 11.5 Å². The van der Waals surface area contributed by atoms with Crippen molar-refractivity contribution in [1.29, 1.82) is 0 Å². The molecule has 1 N–H and O–H groups in total. The van der Waals surface area contributed by atoms with Crippen LogP contribution in [0.3, 0.4) is 0 Å². The molecule has 0 unspecified atom stereocenters. The normalized spacial score (nSPS) is 14.7. The molecule has 0 saturated carbocycles. The van der Waals surface area contributed by atoms with Gasteiger partial charge in [0.25, 0.3) is 11.8 Å². The van der Waals surface area contributed by atoms with E-state index < -0.39 is 11.7 Å². The Morgan fingerprint density at radius 2 is 1.76 bits per heavy atom. The Hall–Kier alpha value is -2.76. The summed E-state index contributed by atoms with van der Waals surface area (Å²) in [6.45, 7) is 1.47. The monoisotopic (exact) mass is 341 g/mol. The molecule has 1 fully saturated rings. The first-order valence-corrected chi connectivity index (χ1v) is 8.46. The second kappa shape index (κ2) is 7.88. The number of likely N-dealkylation sites (tertiary alicyclic amines) is 1. The van der Waals surface area contributed by atoms with Crippen LogP contribution >= 0.6 is 0 Å². The lowest BCUT2D eigenvalue weighted by atomic mass is 10.2. The summed E-state index contributed by atoms with van der Waals surface area (Å²) in [5, 5.41) is 2.48. The van der Waals surface area contributed by atoms with E-state index in [1.165, 1.54) is 24.4 Å². The number of anilines is 1. The highest BCUT2D eigenvalue weighted by Crippen LogP contribution is 2.16. The predicted octanol–water partition coefficient (Wildman–Crippen LogP) is 3.49. The van der Waals surface area contributed by atoms with E-state index in [1.807, 2.05) is 4.90 Å². The Kier molecular flexibility index (Phi) is 5.38. The van der Waals surface area contributed by atoms with Crippen LogP contribution in [0.25, 0.3) is 0 Å². The minimum Gasteiger partial charge on any atom is -0.339 e. The molecule has 1 aliphatic heterocycles. The van der Waals surface area contributed by atoms with Gasteiger partial charge in [-0.25, -0.2) is 4.39 Å². The van der Waals surface area contributed by atoms with Gasteiger partial charge < -0.3 is 10.2 Å². The molecule has 1 aliphatic rings. The van der Waals surface area contributed by atoms with Gasteiger partial charge in [0.05, 0.1) is 5.69 Å². The first-order chi connectivity index (χ1) is 12.1. The summed E-state index contributed by atoms with van der Waals surface area (Å²) in [6, 6.07) is 8.98. The van der Waals surface area contributed by atoms with Gasteiger partial charge in [-0.1, -0.05) is 25.0 Å². The average Bonchev–Trinajstić information content (AvgIpc) is 2.92. The Balaban J connectivity index is 1.75. The van der Waals surface area contributed by atoms with E-state index in [4.69, 9.17) is 0 Å². The quantitative estimate of drug-likeness (QED) is 0.929. The summed E-state index contributed by atoms with van der Waals surface area (Å²) in [7, 11) is 0. The molecule has 2 heterocycles. The van der Waals surface area contributed by atoms with Gasteiger partial charge >= 0.3 is 0 Å². The number of hydrogen-bond donors (Lipinski definition) is 1. The second-order valence-corrected chi connectivity index (χ2v) is 6.07. The Morgan fingerprint density at radius 1 is 1.04 bits per heavy atom. The third-order valence-corrected chi connectivity index (χ3v) is 4.25. The van der Waals surface area contributed by atoms with Crippen LogP contribution < -0.4 is 5.32 Å². The predicted molar refractivity (Wildman–Crippen MR) is 93.0 cm³/mol. The fourth-order valence-corrected chi connectivity index (χ4v) is 2.89. The summed E-state index contributed by atoms with van der Waals surface area (Å²) < 4.78 is 13.7. The maximum atomic E-state index is 13.7. The minimum atomic E-state index is -0.546. The molecule has 25 heavy (non-hydrogen) atoms. The third-order valence-electron chi connectivity index (χ3n) is 4.25. The van der Waals surface area contributed by atoms with Crippen molar-refractivity contribution in [1.82, 2.24) is 9.88 Å². The molecular formula is C19H20FN3O2. The standard InChI is InChI=1S/C19H20FN3O2/c20-15-7-3-4-8-16(15)22-18(24)17-13-14(9-10-21-17)19(25)23-11-5-1-2-6-12-23/h3-4,7-10,13H,1-2,5-6,11-12H2,(H,22,24). The first kappa shape index (κ1) is 17.1. The van der Waals surface area contributed by atoms with Crippen LogP contribution in [-0.2, 0) is 0 Å². The third kappa shape index (κ3) is 4.21. The maximum Gasteiger partial charge on any atom is 0.274 e. The molecular weight excluding hydrogens is 321 g/mol. The molecule has 1 saturated heterocycles. The number of para-hydroxylation sites is 1. The van der Waals surface area contributed by atoms with Crippen LogP contribution in [0.1, 0.15) is 46.5 Å². The largest absolute Gasteiger partial charge is 0.339 e. The second-order valence-electron chi connectivity index (χ2n) is 6.07. The molecule has 130 valence electrons.